The summed E-state index contributed by atoms with van der Waals surface area (Å²) in [6.07, 6.45) is 2.19. The topological polar surface area (TPSA) is 88.1 Å². The molecule has 1 aromatic heterocycles. The number of pyridine rings is 1. The number of hydrogen-bond donors (Lipinski definition) is 2. The molecule has 2 N–H and O–H groups in total. The lowest BCUT2D eigenvalue weighted by atomic mass is 10.2. The average Bonchev–Trinajstić information content (AvgIpc) is 3.06. The second kappa shape index (κ2) is 10.1. The van der Waals surface area contributed by atoms with Crippen molar-refractivity contribution in [3.8, 4) is 5.88 Å². The molecule has 1 fully saturated rings. The van der Waals surface area contributed by atoms with E-state index in [1.54, 1.807) is 6.20 Å². The molecule has 2 rings (SSSR count). The molecule has 1 atom stereocenters. The van der Waals surface area contributed by atoms with Crippen LogP contribution in [0, 0.1) is 0 Å². The van der Waals surface area contributed by atoms with E-state index in [1.165, 1.54) is 0 Å². The van der Waals surface area contributed by atoms with Crippen LogP contribution in [0.3, 0.4) is 0 Å². The Morgan fingerprint density at radius 2 is 2.18 bits per heavy atom. The van der Waals surface area contributed by atoms with Gasteiger partial charge >= 0.3 is 6.09 Å². The number of nitrogens with zero attached hydrogens (tertiary/aromatic N) is 3. The van der Waals surface area contributed by atoms with Crippen LogP contribution in [0.25, 0.3) is 0 Å². The molecule has 0 spiro atoms. The van der Waals surface area contributed by atoms with E-state index in [9.17, 15) is 4.79 Å². The van der Waals surface area contributed by atoms with Crippen molar-refractivity contribution < 1.29 is 14.3 Å². The first-order chi connectivity index (χ1) is 13.3. The van der Waals surface area contributed by atoms with Gasteiger partial charge in [-0.15, -0.1) is 0 Å². The molecule has 2 heterocycles. The monoisotopic (exact) mass is 391 g/mol. The van der Waals surface area contributed by atoms with Crippen molar-refractivity contribution in [2.75, 3.05) is 26.2 Å². The normalized spacial score (nSPS) is 17.4. The van der Waals surface area contributed by atoms with Crippen LogP contribution in [0.1, 0.15) is 46.6 Å². The number of carbonyl (C=O) groups excluding carboxylic acids is 1. The fourth-order valence-corrected chi connectivity index (χ4v) is 2.94. The van der Waals surface area contributed by atoms with Gasteiger partial charge in [0.2, 0.25) is 5.88 Å². The zero-order valence-corrected chi connectivity index (χ0v) is 17.6. The van der Waals surface area contributed by atoms with E-state index >= 15 is 0 Å². The average molecular weight is 392 g/mol. The Bertz CT molecular complexity index is 672. The summed E-state index contributed by atoms with van der Waals surface area (Å²) in [6, 6.07) is 3.90. The van der Waals surface area contributed by atoms with E-state index in [0.717, 1.165) is 31.0 Å². The maximum Gasteiger partial charge on any atom is 0.407 e. The molecule has 0 bridgehead atoms. The Morgan fingerprint density at radius 1 is 1.39 bits per heavy atom. The van der Waals surface area contributed by atoms with Crippen molar-refractivity contribution in [1.82, 2.24) is 20.5 Å². The molecule has 1 unspecified atom stereocenters. The van der Waals surface area contributed by atoms with Crippen molar-refractivity contribution in [3.63, 3.8) is 0 Å². The van der Waals surface area contributed by atoms with Gasteiger partial charge in [-0.2, -0.15) is 0 Å². The quantitative estimate of drug-likeness (QED) is 0.572. The Kier molecular flexibility index (Phi) is 7.90. The lowest BCUT2D eigenvalue weighted by Crippen LogP contribution is -2.44. The molecule has 1 aliphatic rings. The predicted molar refractivity (Wildman–Crippen MR) is 110 cm³/mol. The van der Waals surface area contributed by atoms with Gasteiger partial charge in [0.05, 0.1) is 19.2 Å². The summed E-state index contributed by atoms with van der Waals surface area (Å²) in [6.45, 7) is 12.9. The molecule has 1 aliphatic heterocycles. The van der Waals surface area contributed by atoms with Gasteiger partial charge in [-0.1, -0.05) is 6.07 Å². The molecule has 0 aromatic carbocycles. The number of amides is 1. The smallest absolute Gasteiger partial charge is 0.407 e. The minimum absolute atomic E-state index is 0.0380. The fourth-order valence-electron chi connectivity index (χ4n) is 2.94. The molecule has 0 radical (unpaired) electrons. The number of carbonyl (C=O) groups is 1. The van der Waals surface area contributed by atoms with Crippen LogP contribution in [0.4, 0.5) is 4.79 Å². The van der Waals surface area contributed by atoms with Crippen molar-refractivity contribution in [3.05, 3.63) is 23.9 Å². The summed E-state index contributed by atoms with van der Waals surface area (Å²) >= 11 is 0. The third kappa shape index (κ3) is 6.90. The minimum Gasteiger partial charge on any atom is -0.478 e. The summed E-state index contributed by atoms with van der Waals surface area (Å²) in [7, 11) is 0. The second-order valence-electron chi connectivity index (χ2n) is 7.65. The van der Waals surface area contributed by atoms with Crippen molar-refractivity contribution in [1.29, 1.82) is 0 Å². The van der Waals surface area contributed by atoms with Crippen molar-refractivity contribution >= 4 is 12.1 Å². The molecule has 1 saturated heterocycles. The molecule has 8 nitrogen and oxygen atoms in total. The van der Waals surface area contributed by atoms with Crippen LogP contribution in [0.15, 0.2) is 23.3 Å². The lowest BCUT2D eigenvalue weighted by molar-refractivity contribution is 0.0507. The maximum atomic E-state index is 12.0. The van der Waals surface area contributed by atoms with Crippen LogP contribution in [0.5, 0.6) is 5.88 Å². The van der Waals surface area contributed by atoms with Gasteiger partial charge in [0.15, 0.2) is 5.96 Å². The Balaban J connectivity index is 1.98. The molecule has 156 valence electrons. The molecule has 8 heteroatoms. The number of aromatic nitrogens is 1. The van der Waals surface area contributed by atoms with Gasteiger partial charge in [0, 0.05) is 31.4 Å². The number of aliphatic imine (C=N–C) groups is 1. The largest absolute Gasteiger partial charge is 0.478 e. The number of hydrogen-bond acceptors (Lipinski definition) is 5. The highest BCUT2D eigenvalue weighted by atomic mass is 16.6. The highest BCUT2D eigenvalue weighted by Crippen LogP contribution is 2.16. The molecule has 1 aromatic rings. The molecule has 28 heavy (non-hydrogen) atoms. The van der Waals surface area contributed by atoms with Crippen LogP contribution in [-0.2, 0) is 11.3 Å². The highest BCUT2D eigenvalue weighted by Gasteiger charge is 2.27. The molecule has 0 saturated carbocycles. The third-order valence-electron chi connectivity index (χ3n) is 4.07. The van der Waals surface area contributed by atoms with E-state index in [0.29, 0.717) is 25.6 Å². The van der Waals surface area contributed by atoms with Gasteiger partial charge in [-0.05, 0) is 47.1 Å². The first-order valence-electron chi connectivity index (χ1n) is 9.91. The molecule has 0 aliphatic carbocycles. The standard InChI is InChI=1S/C20H33N5O3/c1-6-21-18(23-13-15-9-8-11-22-17(15)27-7-2)25-12-10-16(14-25)24-19(26)28-20(3,4)5/h8-9,11,16H,6-7,10,12-14H2,1-5H3,(H,21,23)(H,24,26). The number of guanidine groups is 1. The summed E-state index contributed by atoms with van der Waals surface area (Å²) in [5, 5.41) is 6.28. The molecular formula is C20H33N5O3. The third-order valence-corrected chi connectivity index (χ3v) is 4.07. The Morgan fingerprint density at radius 3 is 2.86 bits per heavy atom. The Labute approximate surface area is 167 Å². The number of alkyl carbamates (subject to hydrolysis) is 1. The zero-order valence-electron chi connectivity index (χ0n) is 17.6. The number of nitrogens with one attached hydrogen (secondary N) is 2. The van der Waals surface area contributed by atoms with Crippen LogP contribution >= 0.6 is 0 Å². The van der Waals surface area contributed by atoms with E-state index in [4.69, 9.17) is 14.5 Å². The molecule has 1 amide bonds. The van der Waals surface area contributed by atoms with E-state index < -0.39 is 5.60 Å². The van der Waals surface area contributed by atoms with E-state index in [2.05, 4.69) is 20.5 Å². The number of likely N-dealkylation sites (tertiary alicyclic amines) is 1. The first-order valence-corrected chi connectivity index (χ1v) is 9.91. The van der Waals surface area contributed by atoms with Gasteiger partial charge in [-0.25, -0.2) is 14.8 Å². The van der Waals surface area contributed by atoms with Gasteiger partial charge in [-0.3, -0.25) is 0 Å². The number of ether oxygens (including phenoxy) is 2. The fraction of sp³-hybridized carbons (Fsp3) is 0.650. The predicted octanol–water partition coefficient (Wildman–Crippen LogP) is 2.54. The lowest BCUT2D eigenvalue weighted by Gasteiger charge is -2.23. The summed E-state index contributed by atoms with van der Waals surface area (Å²) < 4.78 is 10.9. The van der Waals surface area contributed by atoms with Gasteiger partial charge in [0.1, 0.15) is 5.60 Å². The highest BCUT2D eigenvalue weighted by molar-refractivity contribution is 5.80. The van der Waals surface area contributed by atoms with E-state index in [-0.39, 0.29) is 12.1 Å². The minimum atomic E-state index is -0.499. The first kappa shape index (κ1) is 21.8. The van der Waals surface area contributed by atoms with Crippen LogP contribution in [0.2, 0.25) is 0 Å². The van der Waals surface area contributed by atoms with E-state index in [1.807, 2.05) is 46.8 Å². The van der Waals surface area contributed by atoms with Gasteiger partial charge < -0.3 is 25.0 Å². The van der Waals surface area contributed by atoms with Crippen LogP contribution in [-0.4, -0.2) is 59.8 Å². The number of rotatable bonds is 6. The van der Waals surface area contributed by atoms with Gasteiger partial charge in [0.25, 0.3) is 0 Å². The maximum absolute atomic E-state index is 12.0. The SMILES string of the molecule is CCNC(=NCc1cccnc1OCC)N1CCC(NC(=O)OC(C)(C)C)C1. The van der Waals surface area contributed by atoms with Crippen LogP contribution < -0.4 is 15.4 Å². The van der Waals surface area contributed by atoms with Crippen molar-refractivity contribution in [2.24, 2.45) is 4.99 Å². The zero-order chi connectivity index (χ0) is 20.6. The second-order valence-corrected chi connectivity index (χ2v) is 7.65. The summed E-state index contributed by atoms with van der Waals surface area (Å²) in [5.41, 5.74) is 0.447. The summed E-state index contributed by atoms with van der Waals surface area (Å²) in [5.74, 6) is 1.44. The summed E-state index contributed by atoms with van der Waals surface area (Å²) in [4.78, 5) is 23.2. The van der Waals surface area contributed by atoms with Crippen molar-refractivity contribution in [2.45, 2.75) is 59.2 Å². The Hall–Kier alpha value is -2.51. The molecular weight excluding hydrogens is 358 g/mol.